The van der Waals surface area contributed by atoms with Crippen molar-refractivity contribution in [1.29, 1.82) is 0 Å². The van der Waals surface area contributed by atoms with Crippen molar-refractivity contribution in [3.05, 3.63) is 23.2 Å². The Labute approximate surface area is 128 Å². The van der Waals surface area contributed by atoms with Crippen LogP contribution >= 0.6 is 11.3 Å². The lowest BCUT2D eigenvalue weighted by molar-refractivity contribution is 0.204. The number of anilines is 1. The lowest BCUT2D eigenvalue weighted by Gasteiger charge is -2.23. The van der Waals surface area contributed by atoms with Crippen molar-refractivity contribution in [2.75, 3.05) is 18.5 Å². The van der Waals surface area contributed by atoms with Crippen molar-refractivity contribution < 1.29 is 9.90 Å². The molecule has 0 spiro atoms. The maximum absolute atomic E-state index is 11.9. The maximum atomic E-state index is 11.9. The second-order valence-electron chi connectivity index (χ2n) is 5.86. The molecule has 6 heteroatoms. The summed E-state index contributed by atoms with van der Waals surface area (Å²) in [4.78, 5) is 16.3. The molecule has 2 rings (SSSR count). The molecule has 2 amide bonds. The summed E-state index contributed by atoms with van der Waals surface area (Å²) >= 11 is 1.61. The zero-order valence-electron chi connectivity index (χ0n) is 12.6. The highest BCUT2D eigenvalue weighted by Gasteiger charge is 2.18. The molecule has 0 atom stereocenters. The second kappa shape index (κ2) is 6.41. The summed E-state index contributed by atoms with van der Waals surface area (Å²) in [6.45, 7) is 6.62. The minimum atomic E-state index is -0.235. The molecule has 1 aromatic carbocycles. The van der Waals surface area contributed by atoms with Crippen molar-refractivity contribution in [3.63, 3.8) is 0 Å². The SMILES string of the molecule is Cc1nc2ccc(NC(=O)NCC(C)(C)CCO)cc2s1. The molecule has 5 nitrogen and oxygen atoms in total. The Kier molecular flexibility index (Phi) is 4.80. The van der Waals surface area contributed by atoms with Gasteiger partial charge in [-0.25, -0.2) is 9.78 Å². The van der Waals surface area contributed by atoms with Crippen molar-refractivity contribution >= 4 is 33.3 Å². The van der Waals surface area contributed by atoms with E-state index in [9.17, 15) is 4.79 Å². The number of urea groups is 1. The fraction of sp³-hybridized carbons (Fsp3) is 0.467. The van der Waals surface area contributed by atoms with Gasteiger partial charge >= 0.3 is 6.03 Å². The third-order valence-corrected chi connectivity index (χ3v) is 4.20. The molecule has 21 heavy (non-hydrogen) atoms. The Morgan fingerprint density at radius 2 is 2.19 bits per heavy atom. The molecule has 1 aromatic heterocycles. The number of benzene rings is 1. The highest BCUT2D eigenvalue weighted by Crippen LogP contribution is 2.24. The first-order chi connectivity index (χ1) is 9.89. The third kappa shape index (κ3) is 4.41. The summed E-state index contributed by atoms with van der Waals surface area (Å²) in [5.41, 5.74) is 1.58. The van der Waals surface area contributed by atoms with Crippen LogP contribution in [0, 0.1) is 12.3 Å². The summed E-state index contributed by atoms with van der Waals surface area (Å²) in [5, 5.41) is 15.6. The molecule has 0 aliphatic heterocycles. The quantitative estimate of drug-likeness (QED) is 0.794. The largest absolute Gasteiger partial charge is 0.396 e. The number of nitrogens with zero attached hydrogens (tertiary/aromatic N) is 1. The number of fused-ring (bicyclic) bond motifs is 1. The maximum Gasteiger partial charge on any atom is 0.319 e. The molecule has 0 aliphatic carbocycles. The van der Waals surface area contributed by atoms with Crippen molar-refractivity contribution in [3.8, 4) is 0 Å². The summed E-state index contributed by atoms with van der Waals surface area (Å²) in [7, 11) is 0. The Balaban J connectivity index is 1.94. The van der Waals surface area contributed by atoms with Gasteiger partial charge in [-0.3, -0.25) is 0 Å². The lowest BCUT2D eigenvalue weighted by Crippen LogP contribution is -2.37. The highest BCUT2D eigenvalue weighted by molar-refractivity contribution is 7.18. The van der Waals surface area contributed by atoms with E-state index < -0.39 is 0 Å². The van der Waals surface area contributed by atoms with E-state index in [4.69, 9.17) is 5.11 Å². The van der Waals surface area contributed by atoms with Crippen LogP contribution in [0.2, 0.25) is 0 Å². The number of aryl methyl sites for hydroxylation is 1. The predicted octanol–water partition coefficient (Wildman–Crippen LogP) is 3.13. The number of aliphatic hydroxyl groups excluding tert-OH is 1. The van der Waals surface area contributed by atoms with Crippen LogP contribution in [0.25, 0.3) is 10.2 Å². The van der Waals surface area contributed by atoms with Gasteiger partial charge in [-0.2, -0.15) is 0 Å². The topological polar surface area (TPSA) is 74.2 Å². The number of rotatable bonds is 5. The van der Waals surface area contributed by atoms with E-state index in [2.05, 4.69) is 15.6 Å². The van der Waals surface area contributed by atoms with E-state index in [1.165, 1.54) is 0 Å². The average molecular weight is 307 g/mol. The first-order valence-corrected chi connectivity index (χ1v) is 7.74. The minimum absolute atomic E-state index is 0.120. The van der Waals surface area contributed by atoms with Crippen LogP contribution in [0.4, 0.5) is 10.5 Å². The molecule has 0 radical (unpaired) electrons. The molecule has 0 saturated carbocycles. The Morgan fingerprint density at radius 3 is 2.90 bits per heavy atom. The van der Waals surface area contributed by atoms with E-state index in [0.717, 1.165) is 20.9 Å². The van der Waals surface area contributed by atoms with Gasteiger partial charge < -0.3 is 15.7 Å². The number of aromatic nitrogens is 1. The van der Waals surface area contributed by atoms with Gasteiger partial charge in [-0.1, -0.05) is 13.8 Å². The van der Waals surface area contributed by atoms with Gasteiger partial charge in [0.05, 0.1) is 15.2 Å². The van der Waals surface area contributed by atoms with Crippen molar-refractivity contribution in [2.45, 2.75) is 27.2 Å². The zero-order valence-corrected chi connectivity index (χ0v) is 13.4. The van der Waals surface area contributed by atoms with Gasteiger partial charge in [-0.15, -0.1) is 11.3 Å². The second-order valence-corrected chi connectivity index (χ2v) is 7.10. The molecule has 0 aliphatic rings. The van der Waals surface area contributed by atoms with Crippen LogP contribution in [-0.2, 0) is 0 Å². The molecule has 2 aromatic rings. The van der Waals surface area contributed by atoms with Gasteiger partial charge in [0.15, 0.2) is 0 Å². The third-order valence-electron chi connectivity index (χ3n) is 3.27. The molecular weight excluding hydrogens is 286 g/mol. The van der Waals surface area contributed by atoms with E-state index in [1.807, 2.05) is 39.0 Å². The van der Waals surface area contributed by atoms with Crippen LogP contribution < -0.4 is 10.6 Å². The lowest BCUT2D eigenvalue weighted by atomic mass is 9.90. The fourth-order valence-corrected chi connectivity index (χ4v) is 2.87. The predicted molar refractivity (Wildman–Crippen MR) is 86.9 cm³/mol. The van der Waals surface area contributed by atoms with Crippen LogP contribution in [-0.4, -0.2) is 29.3 Å². The van der Waals surface area contributed by atoms with Crippen LogP contribution in [0.3, 0.4) is 0 Å². The molecule has 3 N–H and O–H groups in total. The Bertz CT molecular complexity index is 637. The number of carbonyl (C=O) groups is 1. The fourth-order valence-electron chi connectivity index (χ4n) is 2.00. The Morgan fingerprint density at radius 1 is 1.43 bits per heavy atom. The van der Waals surface area contributed by atoms with Crippen molar-refractivity contribution in [1.82, 2.24) is 10.3 Å². The van der Waals surface area contributed by atoms with Crippen LogP contribution in [0.1, 0.15) is 25.3 Å². The van der Waals surface area contributed by atoms with Crippen molar-refractivity contribution in [2.24, 2.45) is 5.41 Å². The van der Waals surface area contributed by atoms with E-state index in [0.29, 0.717) is 13.0 Å². The number of hydrogen-bond acceptors (Lipinski definition) is 4. The number of nitrogens with one attached hydrogen (secondary N) is 2. The first kappa shape index (κ1) is 15.7. The average Bonchev–Trinajstić information content (AvgIpc) is 2.76. The highest BCUT2D eigenvalue weighted by atomic mass is 32.1. The summed E-state index contributed by atoms with van der Waals surface area (Å²) in [6.07, 6.45) is 0.652. The van der Waals surface area contributed by atoms with E-state index in [1.54, 1.807) is 11.3 Å². The van der Waals surface area contributed by atoms with Gasteiger partial charge in [0, 0.05) is 18.8 Å². The van der Waals surface area contributed by atoms with Crippen LogP contribution in [0.15, 0.2) is 18.2 Å². The normalized spacial score (nSPS) is 11.6. The smallest absolute Gasteiger partial charge is 0.319 e. The summed E-state index contributed by atoms with van der Waals surface area (Å²) in [6, 6.07) is 5.45. The number of hydrogen-bond donors (Lipinski definition) is 3. The number of aliphatic hydroxyl groups is 1. The minimum Gasteiger partial charge on any atom is -0.396 e. The van der Waals surface area contributed by atoms with E-state index >= 15 is 0 Å². The standard InChI is InChI=1S/C15H21N3O2S/c1-10-17-12-5-4-11(8-13(12)21-10)18-14(20)16-9-15(2,3)6-7-19/h4-5,8,19H,6-7,9H2,1-3H3,(H2,16,18,20). The number of amides is 2. The van der Waals surface area contributed by atoms with Gasteiger partial charge in [0.2, 0.25) is 0 Å². The molecule has 114 valence electrons. The molecule has 0 bridgehead atoms. The first-order valence-electron chi connectivity index (χ1n) is 6.92. The summed E-state index contributed by atoms with van der Waals surface area (Å²) < 4.78 is 1.06. The van der Waals surface area contributed by atoms with Crippen LogP contribution in [0.5, 0.6) is 0 Å². The molecule has 0 saturated heterocycles. The van der Waals surface area contributed by atoms with Gasteiger partial charge in [-0.05, 0) is 37.0 Å². The number of thiazole rings is 1. The Hall–Kier alpha value is -1.66. The molecule has 1 heterocycles. The summed E-state index contributed by atoms with van der Waals surface area (Å²) in [5.74, 6) is 0. The van der Waals surface area contributed by atoms with Gasteiger partial charge in [0.25, 0.3) is 0 Å². The molecule has 0 fully saturated rings. The zero-order chi connectivity index (χ0) is 15.5. The van der Waals surface area contributed by atoms with E-state index in [-0.39, 0.29) is 18.1 Å². The number of carbonyl (C=O) groups excluding carboxylic acids is 1. The van der Waals surface area contributed by atoms with Gasteiger partial charge in [0.1, 0.15) is 0 Å². The monoisotopic (exact) mass is 307 g/mol. The molecular formula is C15H21N3O2S. The molecule has 0 unspecified atom stereocenters.